The number of nitrogens with one attached hydrogen (secondary N) is 1. The first kappa shape index (κ1) is 15.6. The molecule has 1 atom stereocenters. The zero-order valence-electron chi connectivity index (χ0n) is 11.9. The first-order valence-electron chi connectivity index (χ1n) is 6.43. The van der Waals surface area contributed by atoms with E-state index in [1.165, 1.54) is 0 Å². The Balaban J connectivity index is 1.99. The van der Waals surface area contributed by atoms with Crippen molar-refractivity contribution in [1.29, 1.82) is 0 Å². The van der Waals surface area contributed by atoms with E-state index in [4.69, 9.17) is 9.47 Å². The maximum Gasteiger partial charge on any atom is 0.234 e. The van der Waals surface area contributed by atoms with Gasteiger partial charge < -0.3 is 9.47 Å². The molecule has 2 rings (SSSR count). The van der Waals surface area contributed by atoms with Crippen LogP contribution < -0.4 is 9.46 Å². The summed E-state index contributed by atoms with van der Waals surface area (Å²) in [6.07, 6.45) is -0.342. The Morgan fingerprint density at radius 2 is 1.86 bits per heavy atom. The van der Waals surface area contributed by atoms with Crippen LogP contribution in [0.2, 0.25) is 0 Å². The number of hydrogen-bond acceptors (Lipinski definition) is 5. The van der Waals surface area contributed by atoms with Crippen molar-refractivity contribution in [3.05, 3.63) is 65.7 Å². The molecule has 0 saturated carbocycles. The number of ether oxygens (including phenoxy) is 2. The van der Waals surface area contributed by atoms with E-state index in [1.807, 2.05) is 30.3 Å². The minimum Gasteiger partial charge on any atom is -0.497 e. The normalized spacial score (nSPS) is 11.9. The summed E-state index contributed by atoms with van der Waals surface area (Å²) in [6.45, 7) is 0. The van der Waals surface area contributed by atoms with Crippen molar-refractivity contribution in [3.8, 4) is 5.75 Å². The van der Waals surface area contributed by atoms with Crippen LogP contribution in [0.15, 0.2) is 54.6 Å². The average molecular weight is 303 g/mol. The highest BCUT2D eigenvalue weighted by molar-refractivity contribution is 8.12. The molecule has 0 aromatic heterocycles. The van der Waals surface area contributed by atoms with E-state index >= 15 is 0 Å². The molecule has 110 valence electrons. The van der Waals surface area contributed by atoms with Crippen LogP contribution in [0, 0.1) is 0 Å². The Bertz CT molecular complexity index is 589. The van der Waals surface area contributed by atoms with Crippen LogP contribution in [0.3, 0.4) is 0 Å². The molecule has 0 fully saturated rings. The summed E-state index contributed by atoms with van der Waals surface area (Å²) in [6, 6.07) is 16.7. The van der Waals surface area contributed by atoms with E-state index in [0.717, 1.165) is 17.5 Å². The zero-order chi connectivity index (χ0) is 15.1. The molecule has 4 nitrogen and oxygen atoms in total. The molecule has 0 spiro atoms. The molecule has 0 heterocycles. The highest BCUT2D eigenvalue weighted by Crippen LogP contribution is 2.20. The smallest absolute Gasteiger partial charge is 0.234 e. The van der Waals surface area contributed by atoms with Crippen molar-refractivity contribution in [2.24, 2.45) is 0 Å². The molecule has 1 unspecified atom stereocenters. The van der Waals surface area contributed by atoms with Gasteiger partial charge in [0, 0.05) is 24.6 Å². The lowest BCUT2D eigenvalue weighted by Gasteiger charge is -2.16. The minimum absolute atomic E-state index is 0.0909. The predicted molar refractivity (Wildman–Crippen MR) is 84.2 cm³/mol. The third-order valence-corrected chi connectivity index (χ3v) is 3.66. The van der Waals surface area contributed by atoms with Gasteiger partial charge in [-0.3, -0.25) is 4.79 Å². The monoisotopic (exact) mass is 303 g/mol. The van der Waals surface area contributed by atoms with Gasteiger partial charge in [-0.15, -0.1) is 0 Å². The van der Waals surface area contributed by atoms with Gasteiger partial charge in [0.2, 0.25) is 5.12 Å². The van der Waals surface area contributed by atoms with Crippen molar-refractivity contribution in [1.82, 2.24) is 4.72 Å². The van der Waals surface area contributed by atoms with Gasteiger partial charge >= 0.3 is 0 Å². The summed E-state index contributed by atoms with van der Waals surface area (Å²) in [5, 5.41) is -0.0909. The fourth-order valence-electron chi connectivity index (χ4n) is 1.80. The Morgan fingerprint density at radius 3 is 2.52 bits per heavy atom. The van der Waals surface area contributed by atoms with Gasteiger partial charge in [0.1, 0.15) is 12.0 Å². The first-order valence-corrected chi connectivity index (χ1v) is 7.24. The molecule has 1 N–H and O–H groups in total. The molecular formula is C16H17NO3S. The van der Waals surface area contributed by atoms with Crippen LogP contribution in [-0.4, -0.2) is 19.3 Å². The van der Waals surface area contributed by atoms with Crippen LogP contribution in [0.25, 0.3) is 0 Å². The van der Waals surface area contributed by atoms with Gasteiger partial charge in [0.25, 0.3) is 0 Å². The van der Waals surface area contributed by atoms with E-state index < -0.39 is 0 Å². The second-order valence-corrected chi connectivity index (χ2v) is 5.08. The Kier molecular flexibility index (Phi) is 5.80. The van der Waals surface area contributed by atoms with E-state index in [0.29, 0.717) is 11.3 Å². The largest absolute Gasteiger partial charge is 0.497 e. The van der Waals surface area contributed by atoms with Gasteiger partial charge in [-0.25, -0.2) is 4.72 Å². The summed E-state index contributed by atoms with van der Waals surface area (Å²) in [5.74, 6) is 0.660. The highest BCUT2D eigenvalue weighted by atomic mass is 32.2. The Labute approximate surface area is 128 Å². The van der Waals surface area contributed by atoms with Gasteiger partial charge in [-0.1, -0.05) is 42.5 Å². The molecule has 0 amide bonds. The molecule has 0 radical (unpaired) electrons. The minimum atomic E-state index is -0.342. The molecule has 2 aromatic carbocycles. The zero-order valence-corrected chi connectivity index (χ0v) is 12.7. The van der Waals surface area contributed by atoms with E-state index in [1.54, 1.807) is 38.5 Å². The number of carbonyl (C=O) groups excluding carboxylic acids is 1. The van der Waals surface area contributed by atoms with Gasteiger partial charge in [-0.2, -0.15) is 0 Å². The fourth-order valence-corrected chi connectivity index (χ4v) is 2.49. The quantitative estimate of drug-likeness (QED) is 0.654. The van der Waals surface area contributed by atoms with Crippen molar-refractivity contribution in [2.75, 3.05) is 14.2 Å². The maximum absolute atomic E-state index is 12.2. The lowest BCUT2D eigenvalue weighted by molar-refractivity contribution is 0.0949. The van der Waals surface area contributed by atoms with Crippen LogP contribution in [0.1, 0.15) is 22.1 Å². The van der Waals surface area contributed by atoms with Crippen LogP contribution >= 0.6 is 11.9 Å². The Morgan fingerprint density at radius 1 is 1.10 bits per heavy atom. The third kappa shape index (κ3) is 4.32. The molecule has 5 heteroatoms. The molecule has 0 aliphatic carbocycles. The number of methoxy groups -OCH3 is 2. The summed E-state index contributed by atoms with van der Waals surface area (Å²) in [4.78, 5) is 12.2. The average Bonchev–Trinajstić information content (AvgIpc) is 2.56. The molecule has 0 saturated heterocycles. The lowest BCUT2D eigenvalue weighted by atomic mass is 10.2. The standard InChI is InChI=1S/C16H17NO3S/c1-19-14-10-6-9-13(11-14)16(18)21-17-15(20-2)12-7-4-3-5-8-12/h3-11,15,17H,1-2H3. The molecule has 0 bridgehead atoms. The van der Waals surface area contributed by atoms with Gasteiger partial charge in [0.15, 0.2) is 0 Å². The van der Waals surface area contributed by atoms with Crippen LogP contribution in [-0.2, 0) is 4.74 Å². The lowest BCUT2D eigenvalue weighted by Crippen LogP contribution is -2.18. The second kappa shape index (κ2) is 7.83. The van der Waals surface area contributed by atoms with E-state index in [9.17, 15) is 4.79 Å². The number of carbonyl (C=O) groups is 1. The van der Waals surface area contributed by atoms with Crippen molar-refractivity contribution < 1.29 is 14.3 Å². The molecule has 0 aliphatic rings. The number of rotatable bonds is 6. The summed E-state index contributed by atoms with van der Waals surface area (Å²) in [5.41, 5.74) is 1.54. The van der Waals surface area contributed by atoms with Crippen molar-refractivity contribution in [3.63, 3.8) is 0 Å². The summed E-state index contributed by atoms with van der Waals surface area (Å²) >= 11 is 1.01. The SMILES string of the molecule is COc1cccc(C(=O)SNC(OC)c2ccccc2)c1. The molecule has 2 aromatic rings. The van der Waals surface area contributed by atoms with E-state index in [-0.39, 0.29) is 11.3 Å². The van der Waals surface area contributed by atoms with Crippen molar-refractivity contribution >= 4 is 17.1 Å². The molecule has 21 heavy (non-hydrogen) atoms. The third-order valence-electron chi connectivity index (χ3n) is 2.90. The highest BCUT2D eigenvalue weighted by Gasteiger charge is 2.13. The Hall–Kier alpha value is -1.82. The molecule has 0 aliphatic heterocycles. The predicted octanol–water partition coefficient (Wildman–Crippen LogP) is 3.42. The van der Waals surface area contributed by atoms with E-state index in [2.05, 4.69) is 4.72 Å². The van der Waals surface area contributed by atoms with Gasteiger partial charge in [0.05, 0.1) is 7.11 Å². The summed E-state index contributed by atoms with van der Waals surface area (Å²) < 4.78 is 13.5. The van der Waals surface area contributed by atoms with Gasteiger partial charge in [-0.05, 0) is 17.7 Å². The maximum atomic E-state index is 12.2. The number of benzene rings is 2. The number of hydrogen-bond donors (Lipinski definition) is 1. The second-order valence-electron chi connectivity index (χ2n) is 4.27. The fraction of sp³-hybridized carbons (Fsp3) is 0.188. The van der Waals surface area contributed by atoms with Crippen LogP contribution in [0.4, 0.5) is 0 Å². The summed E-state index contributed by atoms with van der Waals surface area (Å²) in [7, 11) is 3.17. The van der Waals surface area contributed by atoms with Crippen LogP contribution in [0.5, 0.6) is 5.75 Å². The van der Waals surface area contributed by atoms with Crippen molar-refractivity contribution in [2.45, 2.75) is 6.23 Å². The first-order chi connectivity index (χ1) is 10.2. The topological polar surface area (TPSA) is 47.6 Å². The molecular weight excluding hydrogens is 286 g/mol.